The number of primary amides is 1. The lowest BCUT2D eigenvalue weighted by Crippen LogP contribution is -2.35. The highest BCUT2D eigenvalue weighted by molar-refractivity contribution is 5.94. The van der Waals surface area contributed by atoms with Crippen molar-refractivity contribution in [2.45, 2.75) is 64.5 Å². The minimum atomic E-state index is -5.08. The second kappa shape index (κ2) is 11.3. The van der Waals surface area contributed by atoms with E-state index in [2.05, 4.69) is 19.2 Å². The van der Waals surface area contributed by atoms with Gasteiger partial charge in [0.15, 0.2) is 0 Å². The van der Waals surface area contributed by atoms with Gasteiger partial charge in [-0.05, 0) is 66.0 Å². The Morgan fingerprint density at radius 2 is 1.56 bits per heavy atom. The summed E-state index contributed by atoms with van der Waals surface area (Å²) in [6.45, 7) is 4.65. The van der Waals surface area contributed by atoms with Crippen LogP contribution in [-0.4, -0.2) is 29.2 Å². The van der Waals surface area contributed by atoms with Gasteiger partial charge in [-0.2, -0.15) is 26.3 Å². The first-order valence-corrected chi connectivity index (χ1v) is 11.1. The van der Waals surface area contributed by atoms with Crippen molar-refractivity contribution in [2.24, 2.45) is 11.1 Å². The first-order chi connectivity index (χ1) is 16.5. The minimum Gasteiger partial charge on any atom is -0.475 e. The lowest BCUT2D eigenvalue weighted by molar-refractivity contribution is -0.192. The zero-order valence-electron chi connectivity index (χ0n) is 19.8. The summed E-state index contributed by atoms with van der Waals surface area (Å²) in [4.78, 5) is 20.3. The maximum atomic E-state index is 13.7. The molecule has 2 aromatic carbocycles. The number of carbonyl (C=O) groups excluding carboxylic acids is 1. The molecular weight excluding hydrogens is 490 g/mol. The lowest BCUT2D eigenvalue weighted by Gasteiger charge is -2.34. The zero-order chi connectivity index (χ0) is 27.3. The molecular formula is C25H28F6N2O3. The third-order valence-electron chi connectivity index (χ3n) is 6.06. The van der Waals surface area contributed by atoms with Crippen molar-refractivity contribution in [3.63, 3.8) is 0 Å². The van der Waals surface area contributed by atoms with E-state index >= 15 is 0 Å². The molecule has 0 heterocycles. The van der Waals surface area contributed by atoms with E-state index in [1.165, 1.54) is 12.1 Å². The zero-order valence-corrected chi connectivity index (χ0v) is 19.8. The summed E-state index contributed by atoms with van der Waals surface area (Å²) in [7, 11) is 0. The van der Waals surface area contributed by atoms with Gasteiger partial charge in [0.25, 0.3) is 0 Å². The lowest BCUT2D eigenvalue weighted by atomic mass is 9.75. The molecule has 1 fully saturated rings. The average Bonchev–Trinajstić information content (AvgIpc) is 2.77. The van der Waals surface area contributed by atoms with Gasteiger partial charge >= 0.3 is 18.3 Å². The average molecular weight is 518 g/mol. The van der Waals surface area contributed by atoms with Crippen LogP contribution in [0.15, 0.2) is 42.5 Å². The van der Waals surface area contributed by atoms with E-state index in [0.29, 0.717) is 16.5 Å². The normalized spacial score (nSPS) is 16.1. The number of carboxylic acid groups (broad SMARTS) is 1. The Bertz CT molecular complexity index is 1070. The standard InChI is InChI=1S/C23H27F3N2O.C2HF3O2/c1-22(2)10-8-19(9-11-22)28-14-18-7-6-16(13-20(18)23(24,25)26)15-4-3-5-17(12-15)21(27)29;3-2(4,5)1(6)7/h3-7,12-13,19,28H,8-11,14H2,1-2H3,(H2,27,29);(H,6,7). The van der Waals surface area contributed by atoms with E-state index < -0.39 is 29.8 Å². The van der Waals surface area contributed by atoms with Crippen LogP contribution in [0.5, 0.6) is 0 Å². The summed E-state index contributed by atoms with van der Waals surface area (Å²) < 4.78 is 72.9. The molecule has 0 atom stereocenters. The molecule has 2 aromatic rings. The first-order valence-electron chi connectivity index (χ1n) is 11.1. The molecule has 5 nitrogen and oxygen atoms in total. The Balaban J connectivity index is 0.000000572. The molecule has 0 radical (unpaired) electrons. The number of alkyl halides is 6. The monoisotopic (exact) mass is 518 g/mol. The fraction of sp³-hybridized carbons (Fsp3) is 0.440. The Morgan fingerprint density at radius 3 is 2.06 bits per heavy atom. The molecule has 0 unspecified atom stereocenters. The molecule has 198 valence electrons. The molecule has 1 aliphatic rings. The molecule has 0 spiro atoms. The number of benzene rings is 2. The van der Waals surface area contributed by atoms with E-state index in [1.54, 1.807) is 24.3 Å². The van der Waals surface area contributed by atoms with E-state index in [9.17, 15) is 31.1 Å². The largest absolute Gasteiger partial charge is 0.490 e. The summed E-state index contributed by atoms with van der Waals surface area (Å²) in [5.74, 6) is -3.37. The third kappa shape index (κ3) is 8.54. The topological polar surface area (TPSA) is 92.4 Å². The number of halogens is 6. The SMILES string of the molecule is CC1(C)CCC(NCc2ccc(-c3cccc(C(N)=O)c3)cc2C(F)(F)F)CC1.O=C(O)C(F)(F)F. The smallest absolute Gasteiger partial charge is 0.475 e. The van der Waals surface area contributed by atoms with Crippen LogP contribution in [-0.2, 0) is 17.5 Å². The Kier molecular flexibility index (Phi) is 9.17. The number of hydrogen-bond donors (Lipinski definition) is 3. The second-order valence-electron chi connectivity index (χ2n) is 9.44. The summed E-state index contributed by atoms with van der Waals surface area (Å²) in [5, 5.41) is 10.4. The van der Waals surface area contributed by atoms with Crippen molar-refractivity contribution < 1.29 is 41.0 Å². The fourth-order valence-corrected chi connectivity index (χ4v) is 3.88. The van der Waals surface area contributed by atoms with Crippen molar-refractivity contribution in [3.05, 3.63) is 59.2 Å². The minimum absolute atomic E-state index is 0.182. The Labute approximate surface area is 204 Å². The molecule has 0 saturated heterocycles. The number of nitrogens with two attached hydrogens (primary N) is 1. The van der Waals surface area contributed by atoms with Crippen LogP contribution >= 0.6 is 0 Å². The molecule has 1 saturated carbocycles. The van der Waals surface area contributed by atoms with E-state index in [0.717, 1.165) is 31.7 Å². The van der Waals surface area contributed by atoms with Gasteiger partial charge < -0.3 is 16.2 Å². The predicted octanol–water partition coefficient (Wildman–Crippen LogP) is 6.16. The number of carboxylic acids is 1. The van der Waals surface area contributed by atoms with Crippen LogP contribution in [0, 0.1) is 5.41 Å². The number of hydrogen-bond acceptors (Lipinski definition) is 3. The quantitative estimate of drug-likeness (QED) is 0.413. The number of amides is 1. The highest BCUT2D eigenvalue weighted by atomic mass is 19.4. The van der Waals surface area contributed by atoms with E-state index in [4.69, 9.17) is 15.6 Å². The van der Waals surface area contributed by atoms with E-state index in [1.807, 2.05) is 0 Å². The van der Waals surface area contributed by atoms with Crippen molar-refractivity contribution >= 4 is 11.9 Å². The molecule has 4 N–H and O–H groups in total. The van der Waals surface area contributed by atoms with Gasteiger partial charge in [-0.1, -0.05) is 38.1 Å². The summed E-state index contributed by atoms with van der Waals surface area (Å²) >= 11 is 0. The molecule has 3 rings (SSSR count). The number of carbonyl (C=O) groups is 2. The van der Waals surface area contributed by atoms with Crippen LogP contribution in [0.25, 0.3) is 11.1 Å². The van der Waals surface area contributed by atoms with Crippen LogP contribution < -0.4 is 11.1 Å². The number of aliphatic carboxylic acids is 1. The molecule has 0 aliphatic heterocycles. The van der Waals surface area contributed by atoms with Gasteiger partial charge in [0, 0.05) is 18.2 Å². The van der Waals surface area contributed by atoms with Crippen molar-refractivity contribution in [3.8, 4) is 11.1 Å². The molecule has 0 aromatic heterocycles. The highest BCUT2D eigenvalue weighted by Gasteiger charge is 2.38. The van der Waals surface area contributed by atoms with Gasteiger partial charge in [0.2, 0.25) is 5.91 Å². The van der Waals surface area contributed by atoms with Gasteiger partial charge in [-0.3, -0.25) is 4.79 Å². The van der Waals surface area contributed by atoms with E-state index in [-0.39, 0.29) is 23.7 Å². The molecule has 36 heavy (non-hydrogen) atoms. The van der Waals surface area contributed by atoms with Crippen LogP contribution in [0.2, 0.25) is 0 Å². The molecule has 1 amide bonds. The first kappa shape index (κ1) is 29.2. The van der Waals surface area contributed by atoms with Crippen LogP contribution in [0.4, 0.5) is 26.3 Å². The van der Waals surface area contributed by atoms with Gasteiger partial charge in [-0.15, -0.1) is 0 Å². The molecule has 11 heteroatoms. The molecule has 1 aliphatic carbocycles. The van der Waals surface area contributed by atoms with Crippen molar-refractivity contribution in [2.75, 3.05) is 0 Å². The summed E-state index contributed by atoms with van der Waals surface area (Å²) in [6.07, 6.45) is -5.43. The third-order valence-corrected chi connectivity index (χ3v) is 6.06. The van der Waals surface area contributed by atoms with Gasteiger partial charge in [0.05, 0.1) is 5.56 Å². The maximum absolute atomic E-state index is 13.7. The van der Waals surface area contributed by atoms with Crippen LogP contribution in [0.1, 0.15) is 61.0 Å². The number of rotatable bonds is 5. The summed E-state index contributed by atoms with van der Waals surface area (Å²) in [6, 6.07) is 10.9. The summed E-state index contributed by atoms with van der Waals surface area (Å²) in [5.41, 5.74) is 6.38. The second-order valence-corrected chi connectivity index (χ2v) is 9.44. The molecule has 0 bridgehead atoms. The fourth-order valence-electron chi connectivity index (χ4n) is 3.88. The number of nitrogens with one attached hydrogen (secondary N) is 1. The Hall–Kier alpha value is -3.08. The Morgan fingerprint density at radius 1 is 1.00 bits per heavy atom. The predicted molar refractivity (Wildman–Crippen MR) is 122 cm³/mol. The maximum Gasteiger partial charge on any atom is 0.490 e. The van der Waals surface area contributed by atoms with Gasteiger partial charge in [0.1, 0.15) is 0 Å². The van der Waals surface area contributed by atoms with Gasteiger partial charge in [-0.25, -0.2) is 4.79 Å². The highest BCUT2D eigenvalue weighted by Crippen LogP contribution is 2.37. The van der Waals surface area contributed by atoms with Crippen molar-refractivity contribution in [1.82, 2.24) is 5.32 Å². The van der Waals surface area contributed by atoms with Crippen molar-refractivity contribution in [1.29, 1.82) is 0 Å². The van der Waals surface area contributed by atoms with Crippen LogP contribution in [0.3, 0.4) is 0 Å².